The number of hydrogen-bond acceptors (Lipinski definition) is 3. The summed E-state index contributed by atoms with van der Waals surface area (Å²) in [6.45, 7) is 7.45. The zero-order valence-corrected chi connectivity index (χ0v) is 17.5. The summed E-state index contributed by atoms with van der Waals surface area (Å²) in [6, 6.07) is 12.9. The van der Waals surface area contributed by atoms with Crippen LogP contribution in [0.2, 0.25) is 5.02 Å². The minimum atomic E-state index is -3.91. The molecule has 0 saturated carbocycles. The Hall–Kier alpha value is -2.05. The average molecular weight is 409 g/mol. The second kappa shape index (κ2) is 8.76. The summed E-state index contributed by atoms with van der Waals surface area (Å²) in [4.78, 5) is 12.6. The van der Waals surface area contributed by atoms with Crippen molar-refractivity contribution in [2.24, 2.45) is 5.92 Å². The van der Waals surface area contributed by atoms with Crippen LogP contribution in [0.5, 0.6) is 0 Å². The molecule has 1 atom stereocenters. The van der Waals surface area contributed by atoms with Crippen molar-refractivity contribution in [1.82, 2.24) is 5.32 Å². The monoisotopic (exact) mass is 408 g/mol. The van der Waals surface area contributed by atoms with Gasteiger partial charge in [0.2, 0.25) is 5.91 Å². The molecule has 7 heteroatoms. The average Bonchev–Trinajstić information content (AvgIpc) is 2.60. The van der Waals surface area contributed by atoms with Gasteiger partial charge in [-0.15, -0.1) is 0 Å². The normalized spacial score (nSPS) is 12.7. The van der Waals surface area contributed by atoms with E-state index in [2.05, 4.69) is 5.32 Å². The maximum Gasteiger partial charge on any atom is 0.264 e. The van der Waals surface area contributed by atoms with Crippen LogP contribution in [0.3, 0.4) is 0 Å². The van der Waals surface area contributed by atoms with Crippen molar-refractivity contribution in [3.63, 3.8) is 0 Å². The molecule has 146 valence electrons. The Kier molecular flexibility index (Phi) is 6.89. The van der Waals surface area contributed by atoms with Crippen molar-refractivity contribution in [2.75, 3.05) is 10.8 Å². The molecule has 2 aromatic carbocycles. The van der Waals surface area contributed by atoms with E-state index < -0.39 is 10.0 Å². The molecule has 0 radical (unpaired) electrons. The van der Waals surface area contributed by atoms with Gasteiger partial charge >= 0.3 is 0 Å². The molecule has 1 N–H and O–H groups in total. The number of rotatable bonds is 7. The highest BCUT2D eigenvalue weighted by Crippen LogP contribution is 2.25. The molecular formula is C20H25ClN2O3S. The van der Waals surface area contributed by atoms with Gasteiger partial charge in [-0.25, -0.2) is 8.42 Å². The lowest BCUT2D eigenvalue weighted by molar-refractivity contribution is -0.120. The molecule has 0 spiro atoms. The van der Waals surface area contributed by atoms with E-state index in [4.69, 9.17) is 11.6 Å². The topological polar surface area (TPSA) is 66.5 Å². The molecule has 0 saturated heterocycles. The molecular weight excluding hydrogens is 384 g/mol. The zero-order valence-electron chi connectivity index (χ0n) is 15.9. The number of nitrogens with zero attached hydrogens (tertiary/aromatic N) is 1. The number of carbonyl (C=O) groups excluding carboxylic acids is 1. The van der Waals surface area contributed by atoms with Crippen LogP contribution in [0.15, 0.2) is 53.4 Å². The predicted molar refractivity (Wildman–Crippen MR) is 110 cm³/mol. The van der Waals surface area contributed by atoms with Crippen molar-refractivity contribution in [2.45, 2.75) is 38.6 Å². The summed E-state index contributed by atoms with van der Waals surface area (Å²) in [5, 5.41) is 3.34. The largest absolute Gasteiger partial charge is 0.352 e. The standard InChI is InChI=1S/C20H25ClN2O3S/c1-14(2)16(4)22-20(24)13-23(18-9-7-17(21)8-10-18)27(25,26)19-11-5-15(3)6-12-19/h5-12,14,16H,13H2,1-4H3,(H,22,24)/t16-/m1/s1. The number of halogens is 1. The molecule has 2 rings (SSSR count). The van der Waals surface area contributed by atoms with Gasteiger partial charge in [0.25, 0.3) is 10.0 Å². The highest BCUT2D eigenvalue weighted by molar-refractivity contribution is 7.92. The van der Waals surface area contributed by atoms with Gasteiger partial charge in [0.05, 0.1) is 10.6 Å². The molecule has 0 aliphatic carbocycles. The van der Waals surface area contributed by atoms with Gasteiger partial charge in [0.1, 0.15) is 6.54 Å². The fourth-order valence-electron chi connectivity index (χ4n) is 2.36. The molecule has 0 aliphatic rings. The van der Waals surface area contributed by atoms with Crippen LogP contribution in [0.4, 0.5) is 5.69 Å². The van der Waals surface area contributed by atoms with Crippen molar-refractivity contribution >= 4 is 33.2 Å². The quantitative estimate of drug-likeness (QED) is 0.752. The molecule has 27 heavy (non-hydrogen) atoms. The van der Waals surface area contributed by atoms with E-state index in [9.17, 15) is 13.2 Å². The van der Waals surface area contributed by atoms with Gasteiger partial charge in [-0.2, -0.15) is 0 Å². The minimum absolute atomic E-state index is 0.0633. The summed E-state index contributed by atoms with van der Waals surface area (Å²) in [5.74, 6) is -0.117. The predicted octanol–water partition coefficient (Wildman–Crippen LogP) is 4.00. The lowest BCUT2D eigenvalue weighted by Crippen LogP contribution is -2.45. The fraction of sp³-hybridized carbons (Fsp3) is 0.350. The van der Waals surface area contributed by atoms with Gasteiger partial charge < -0.3 is 5.32 Å². The summed E-state index contributed by atoms with van der Waals surface area (Å²) in [5.41, 5.74) is 1.34. The van der Waals surface area contributed by atoms with E-state index in [0.717, 1.165) is 9.87 Å². The third-order valence-corrected chi connectivity index (χ3v) is 6.44. The van der Waals surface area contributed by atoms with Gasteiger partial charge in [-0.05, 0) is 56.2 Å². The Morgan fingerprint density at radius 1 is 1.04 bits per heavy atom. The van der Waals surface area contributed by atoms with E-state index in [1.54, 1.807) is 48.5 Å². The number of anilines is 1. The maximum atomic E-state index is 13.2. The summed E-state index contributed by atoms with van der Waals surface area (Å²) in [7, 11) is -3.91. The smallest absolute Gasteiger partial charge is 0.264 e. The first-order valence-corrected chi connectivity index (χ1v) is 10.6. The van der Waals surface area contributed by atoms with Crippen LogP contribution in [0.25, 0.3) is 0 Å². The van der Waals surface area contributed by atoms with Crippen LogP contribution < -0.4 is 9.62 Å². The maximum absolute atomic E-state index is 13.2. The van der Waals surface area contributed by atoms with Crippen LogP contribution in [-0.2, 0) is 14.8 Å². The van der Waals surface area contributed by atoms with Crippen molar-refractivity contribution < 1.29 is 13.2 Å². The summed E-state index contributed by atoms with van der Waals surface area (Å²) in [6.07, 6.45) is 0. The first-order chi connectivity index (χ1) is 12.6. The lowest BCUT2D eigenvalue weighted by Gasteiger charge is -2.26. The number of benzene rings is 2. The van der Waals surface area contributed by atoms with E-state index in [1.165, 1.54) is 0 Å². The van der Waals surface area contributed by atoms with Crippen molar-refractivity contribution in [3.05, 3.63) is 59.1 Å². The Morgan fingerprint density at radius 3 is 2.11 bits per heavy atom. The molecule has 2 aromatic rings. The number of amides is 1. The second-order valence-electron chi connectivity index (χ2n) is 6.90. The number of carbonyl (C=O) groups is 1. The van der Waals surface area contributed by atoms with Crippen LogP contribution >= 0.6 is 11.6 Å². The molecule has 1 amide bonds. The Labute approximate surface area is 166 Å². The lowest BCUT2D eigenvalue weighted by atomic mass is 10.1. The Balaban J connectivity index is 2.39. The van der Waals surface area contributed by atoms with Crippen molar-refractivity contribution in [3.8, 4) is 0 Å². The molecule has 0 aromatic heterocycles. The number of nitrogens with one attached hydrogen (secondary N) is 1. The number of sulfonamides is 1. The van der Waals surface area contributed by atoms with Gasteiger partial charge in [0, 0.05) is 11.1 Å². The first kappa shape index (κ1) is 21.3. The SMILES string of the molecule is Cc1ccc(S(=O)(=O)N(CC(=O)N[C@H](C)C(C)C)c2ccc(Cl)cc2)cc1. The Morgan fingerprint density at radius 2 is 1.59 bits per heavy atom. The fourth-order valence-corrected chi connectivity index (χ4v) is 3.90. The first-order valence-electron chi connectivity index (χ1n) is 8.75. The number of aryl methyl sites for hydroxylation is 1. The van der Waals surface area contributed by atoms with Crippen LogP contribution in [-0.4, -0.2) is 26.9 Å². The summed E-state index contributed by atoms with van der Waals surface area (Å²) >= 11 is 5.93. The van der Waals surface area contributed by atoms with Gasteiger partial charge in [-0.1, -0.05) is 43.1 Å². The van der Waals surface area contributed by atoms with E-state index >= 15 is 0 Å². The molecule has 0 unspecified atom stereocenters. The molecule has 0 aliphatic heterocycles. The van der Waals surface area contributed by atoms with Crippen molar-refractivity contribution in [1.29, 1.82) is 0 Å². The highest BCUT2D eigenvalue weighted by Gasteiger charge is 2.27. The van der Waals surface area contributed by atoms with Gasteiger partial charge in [-0.3, -0.25) is 9.10 Å². The second-order valence-corrected chi connectivity index (χ2v) is 9.20. The van der Waals surface area contributed by atoms with E-state index in [-0.39, 0.29) is 29.3 Å². The highest BCUT2D eigenvalue weighted by atomic mass is 35.5. The summed E-state index contributed by atoms with van der Waals surface area (Å²) < 4.78 is 27.5. The Bertz CT molecular complexity index is 878. The molecule has 0 bridgehead atoms. The number of hydrogen-bond donors (Lipinski definition) is 1. The van der Waals surface area contributed by atoms with E-state index in [1.807, 2.05) is 27.7 Å². The molecule has 0 heterocycles. The zero-order chi connectivity index (χ0) is 20.2. The molecule has 0 fully saturated rings. The van der Waals surface area contributed by atoms with Crippen LogP contribution in [0, 0.1) is 12.8 Å². The van der Waals surface area contributed by atoms with Crippen LogP contribution in [0.1, 0.15) is 26.3 Å². The third-order valence-electron chi connectivity index (χ3n) is 4.40. The third kappa shape index (κ3) is 5.47. The molecule has 5 nitrogen and oxygen atoms in total. The minimum Gasteiger partial charge on any atom is -0.352 e. The van der Waals surface area contributed by atoms with Gasteiger partial charge in [0.15, 0.2) is 0 Å². The van der Waals surface area contributed by atoms with E-state index in [0.29, 0.717) is 10.7 Å².